The molecule has 0 aliphatic rings. The topological polar surface area (TPSA) is 121 Å². The maximum absolute atomic E-state index is 10.2. The molecule has 7 heteroatoms. The Morgan fingerprint density at radius 2 is 0.686 bits per heavy atom. The summed E-state index contributed by atoms with van der Waals surface area (Å²) in [5.41, 5.74) is 0. The molecule has 0 amide bonds. The fraction of sp³-hybridized carbons (Fsp3) is 0.929. The van der Waals surface area contributed by atoms with Crippen molar-refractivity contribution in [3.8, 4) is 0 Å². The molecular weight excluding hydrogens is 570 g/mol. The number of aliphatic carboxylic acids is 2. The first-order chi connectivity index (χ1) is 16.4. The van der Waals surface area contributed by atoms with E-state index in [-0.39, 0.29) is 48.9 Å². The van der Waals surface area contributed by atoms with E-state index in [1.807, 2.05) is 0 Å². The summed E-state index contributed by atoms with van der Waals surface area (Å²) in [4.78, 5) is 20.5. The van der Waals surface area contributed by atoms with Crippen LogP contribution in [0.2, 0.25) is 0 Å². The van der Waals surface area contributed by atoms with Crippen LogP contribution in [0.4, 0.5) is 0 Å². The van der Waals surface area contributed by atoms with Crippen LogP contribution in [0.1, 0.15) is 155 Å². The standard InChI is InChI=1S/2C14H28O3.Ba/c2*1-2-3-4-5-6-7-8-9-10-11-12-13(15)14(16)17;/h2*13,15H,2-12H2,1H3,(H,16,17);/q;;+2/p-2. The van der Waals surface area contributed by atoms with E-state index in [2.05, 4.69) is 13.8 Å². The number of aliphatic hydroxyl groups is 2. The minimum Gasteiger partial charge on any atom is -0.547 e. The van der Waals surface area contributed by atoms with E-state index in [1.54, 1.807) is 0 Å². The molecule has 6 nitrogen and oxygen atoms in total. The van der Waals surface area contributed by atoms with Crippen LogP contribution in [0.5, 0.6) is 0 Å². The number of carboxylic acid groups (broad SMARTS) is 2. The summed E-state index contributed by atoms with van der Waals surface area (Å²) in [5.74, 6) is -2.69. The second-order valence-electron chi connectivity index (χ2n) is 9.61. The summed E-state index contributed by atoms with van der Waals surface area (Å²) in [6.07, 6.45) is 22.4. The molecule has 0 heterocycles. The van der Waals surface area contributed by atoms with Crippen molar-refractivity contribution in [3.63, 3.8) is 0 Å². The molecule has 0 radical (unpaired) electrons. The monoisotopic (exact) mass is 624 g/mol. The molecule has 0 aliphatic heterocycles. The molecule has 35 heavy (non-hydrogen) atoms. The number of hydrogen-bond acceptors (Lipinski definition) is 6. The molecule has 0 aliphatic carbocycles. The van der Waals surface area contributed by atoms with E-state index < -0.39 is 24.1 Å². The van der Waals surface area contributed by atoms with Gasteiger partial charge in [0.15, 0.2) is 0 Å². The van der Waals surface area contributed by atoms with Gasteiger partial charge in [-0.3, -0.25) is 0 Å². The Balaban J connectivity index is -0.000000569. The Morgan fingerprint density at radius 1 is 0.486 bits per heavy atom. The van der Waals surface area contributed by atoms with Gasteiger partial charge in [-0.2, -0.15) is 0 Å². The fourth-order valence-electron chi connectivity index (χ4n) is 3.89. The van der Waals surface area contributed by atoms with Crippen LogP contribution in [-0.4, -0.2) is 83.2 Å². The molecule has 0 aromatic rings. The van der Waals surface area contributed by atoms with Gasteiger partial charge in [0, 0.05) is 0 Å². The molecular formula is C28H54BaO6. The van der Waals surface area contributed by atoms with E-state index in [0.29, 0.717) is 12.8 Å². The molecule has 0 bridgehead atoms. The third kappa shape index (κ3) is 34.4. The van der Waals surface area contributed by atoms with Crippen molar-refractivity contribution in [1.29, 1.82) is 0 Å². The SMILES string of the molecule is CCCCCCCCCCCCC(O)C(=O)[O-].CCCCCCCCCCCCC(O)C(=O)[O-].[Ba+2]. The molecule has 2 unspecified atom stereocenters. The molecule has 0 rings (SSSR count). The summed E-state index contributed by atoms with van der Waals surface area (Å²) < 4.78 is 0. The first kappa shape index (κ1) is 39.9. The quantitative estimate of drug-likeness (QED) is 0.121. The third-order valence-electron chi connectivity index (χ3n) is 6.21. The van der Waals surface area contributed by atoms with Crippen LogP contribution in [-0.2, 0) is 9.59 Å². The van der Waals surface area contributed by atoms with Crippen LogP contribution in [0.25, 0.3) is 0 Å². The Kier molecular flexibility index (Phi) is 37.0. The number of carbonyl (C=O) groups excluding carboxylic acids is 2. The zero-order valence-corrected chi connectivity index (χ0v) is 27.4. The van der Waals surface area contributed by atoms with Crippen molar-refractivity contribution in [2.24, 2.45) is 0 Å². The number of hydrogen-bond donors (Lipinski definition) is 2. The van der Waals surface area contributed by atoms with Gasteiger partial charge in [0.05, 0.1) is 24.1 Å². The van der Waals surface area contributed by atoms with Gasteiger partial charge in [-0.25, -0.2) is 0 Å². The first-order valence-corrected chi connectivity index (χ1v) is 14.1. The van der Waals surface area contributed by atoms with E-state index in [0.717, 1.165) is 38.5 Å². The normalized spacial score (nSPS) is 12.2. The summed E-state index contributed by atoms with van der Waals surface area (Å²) in [6.45, 7) is 4.45. The maximum Gasteiger partial charge on any atom is 2.00 e. The Hall–Kier alpha value is 0.431. The van der Waals surface area contributed by atoms with E-state index >= 15 is 0 Å². The third-order valence-corrected chi connectivity index (χ3v) is 6.21. The molecule has 0 fully saturated rings. The smallest absolute Gasteiger partial charge is 0.547 e. The van der Waals surface area contributed by atoms with Crippen LogP contribution >= 0.6 is 0 Å². The van der Waals surface area contributed by atoms with Crippen LogP contribution in [0, 0.1) is 0 Å². The predicted molar refractivity (Wildman–Crippen MR) is 141 cm³/mol. The molecule has 0 spiro atoms. The van der Waals surface area contributed by atoms with E-state index in [1.165, 1.54) is 89.9 Å². The second kappa shape index (κ2) is 32.5. The summed E-state index contributed by atoms with van der Waals surface area (Å²) in [6, 6.07) is 0. The Bertz CT molecular complexity index is 407. The number of unbranched alkanes of at least 4 members (excludes halogenated alkanes) is 18. The number of aliphatic hydroxyl groups excluding tert-OH is 2. The molecule has 204 valence electrons. The van der Waals surface area contributed by atoms with Crippen molar-refractivity contribution < 1.29 is 30.0 Å². The minimum absolute atomic E-state index is 0. The van der Waals surface area contributed by atoms with Gasteiger partial charge in [-0.1, -0.05) is 142 Å². The van der Waals surface area contributed by atoms with Gasteiger partial charge in [0.1, 0.15) is 0 Å². The summed E-state index contributed by atoms with van der Waals surface area (Å²) in [7, 11) is 0. The van der Waals surface area contributed by atoms with Crippen LogP contribution in [0.3, 0.4) is 0 Å². The first-order valence-electron chi connectivity index (χ1n) is 14.1. The Labute approximate surface area is 256 Å². The average molecular weight is 624 g/mol. The van der Waals surface area contributed by atoms with Gasteiger partial charge < -0.3 is 30.0 Å². The van der Waals surface area contributed by atoms with Gasteiger partial charge in [0.2, 0.25) is 0 Å². The molecule has 0 saturated carbocycles. The van der Waals surface area contributed by atoms with Gasteiger partial charge in [-0.15, -0.1) is 0 Å². The van der Waals surface area contributed by atoms with Crippen molar-refractivity contribution in [3.05, 3.63) is 0 Å². The Morgan fingerprint density at radius 3 is 0.886 bits per heavy atom. The number of carbonyl (C=O) groups is 2. The van der Waals surface area contributed by atoms with Crippen molar-refractivity contribution in [1.82, 2.24) is 0 Å². The van der Waals surface area contributed by atoms with Crippen molar-refractivity contribution >= 4 is 60.8 Å². The van der Waals surface area contributed by atoms with Crippen LogP contribution in [0.15, 0.2) is 0 Å². The molecule has 0 saturated heterocycles. The van der Waals surface area contributed by atoms with Crippen molar-refractivity contribution in [2.45, 2.75) is 167 Å². The zero-order valence-electron chi connectivity index (χ0n) is 22.9. The molecule has 0 aromatic heterocycles. The second-order valence-corrected chi connectivity index (χ2v) is 9.61. The fourth-order valence-corrected chi connectivity index (χ4v) is 3.89. The van der Waals surface area contributed by atoms with E-state index in [4.69, 9.17) is 10.2 Å². The number of carboxylic acids is 2. The van der Waals surface area contributed by atoms with Crippen LogP contribution < -0.4 is 10.2 Å². The molecule has 0 aromatic carbocycles. The number of rotatable bonds is 24. The average Bonchev–Trinajstić information content (AvgIpc) is 2.81. The summed E-state index contributed by atoms with van der Waals surface area (Å²) in [5, 5.41) is 38.4. The maximum atomic E-state index is 10.2. The zero-order chi connectivity index (χ0) is 25.9. The minimum atomic E-state index is -1.35. The predicted octanol–water partition coefficient (Wildman–Crippen LogP) is 4.44. The molecule has 2 N–H and O–H groups in total. The van der Waals surface area contributed by atoms with Crippen molar-refractivity contribution in [2.75, 3.05) is 0 Å². The molecule has 2 atom stereocenters. The summed E-state index contributed by atoms with van der Waals surface area (Å²) >= 11 is 0. The van der Waals surface area contributed by atoms with Gasteiger partial charge in [0.25, 0.3) is 0 Å². The largest absolute Gasteiger partial charge is 2.00 e. The van der Waals surface area contributed by atoms with Gasteiger partial charge in [-0.05, 0) is 12.8 Å². The van der Waals surface area contributed by atoms with Gasteiger partial charge >= 0.3 is 48.9 Å². The van der Waals surface area contributed by atoms with E-state index in [9.17, 15) is 19.8 Å².